The monoisotopic (exact) mass is 611 g/mol. The van der Waals surface area contributed by atoms with Gasteiger partial charge in [0.1, 0.15) is 11.4 Å². The van der Waals surface area contributed by atoms with Gasteiger partial charge in [0.15, 0.2) is 28.2 Å². The topological polar surface area (TPSA) is 138 Å². The molecule has 1 radical (unpaired) electrons. The van der Waals surface area contributed by atoms with Gasteiger partial charge < -0.3 is 33.8 Å². The summed E-state index contributed by atoms with van der Waals surface area (Å²) >= 11 is 0. The molecule has 0 spiro atoms. The number of fused-ring (bicyclic) bond motifs is 1. The van der Waals surface area contributed by atoms with Crippen LogP contribution in [0.2, 0.25) is 0 Å². The summed E-state index contributed by atoms with van der Waals surface area (Å²) in [5, 5.41) is 9.07. The van der Waals surface area contributed by atoms with Crippen molar-refractivity contribution in [2.45, 2.75) is 24.1 Å². The first kappa shape index (κ1) is 35.3. The molecule has 0 aliphatic heterocycles. The third-order valence-electron chi connectivity index (χ3n) is 5.02. The standard InChI is InChI=1S/C16H15F2N3O4S.C8H11NO3.ClH.Na/c1-23-13-5-6-19-12(14(13)24-2)8-26(22)16-20-10-4-3-9(25-15(17)18)7-11(10)21-16;1-11-7-3-4-9-6(5-10)8(7)12-2;;/h3-7,15H,8H2,1-2H3,(H,20,21);3-4,10H,5H2,1-2H3;1H;. The van der Waals surface area contributed by atoms with Crippen LogP contribution in [0.1, 0.15) is 11.4 Å². The van der Waals surface area contributed by atoms with Gasteiger partial charge in [-0.05, 0) is 12.1 Å². The predicted molar refractivity (Wildman–Crippen MR) is 146 cm³/mol. The van der Waals surface area contributed by atoms with Gasteiger partial charge in [-0.3, -0.25) is 14.2 Å². The minimum absolute atomic E-state index is 0. The van der Waals surface area contributed by atoms with Gasteiger partial charge in [0.2, 0.25) is 0 Å². The number of aromatic nitrogens is 4. The summed E-state index contributed by atoms with van der Waals surface area (Å²) in [6.45, 7) is -3.07. The van der Waals surface area contributed by atoms with Crippen LogP contribution in [-0.4, -0.2) is 93.9 Å². The Morgan fingerprint density at radius 1 is 0.925 bits per heavy atom. The summed E-state index contributed by atoms with van der Waals surface area (Å²) in [6.07, 6.45) is 3.09. The second kappa shape index (κ2) is 17.1. The minimum atomic E-state index is -2.92. The summed E-state index contributed by atoms with van der Waals surface area (Å²) in [6, 6.07) is 7.57. The molecule has 4 rings (SSSR count). The van der Waals surface area contributed by atoms with Crippen molar-refractivity contribution < 1.29 is 41.8 Å². The zero-order chi connectivity index (χ0) is 27.7. The molecule has 2 N–H and O–H groups in total. The minimum Gasteiger partial charge on any atom is -0.493 e. The number of halogens is 3. The van der Waals surface area contributed by atoms with Crippen LogP contribution in [0.25, 0.3) is 11.0 Å². The number of nitrogens with zero attached hydrogens (tertiary/aromatic N) is 3. The quantitative estimate of drug-likeness (QED) is 0.256. The fourth-order valence-corrected chi connectivity index (χ4v) is 4.37. The number of hydrogen-bond donors (Lipinski definition) is 2. The van der Waals surface area contributed by atoms with Crippen LogP contribution in [0.5, 0.6) is 28.7 Å². The number of rotatable bonds is 10. The number of imidazole rings is 1. The number of hydrogen-bond acceptors (Lipinski definition) is 10. The number of pyridine rings is 2. The number of alkyl halides is 2. The normalized spacial score (nSPS) is 10.9. The molecule has 4 aromatic rings. The van der Waals surface area contributed by atoms with Gasteiger partial charge in [-0.1, -0.05) is 0 Å². The van der Waals surface area contributed by atoms with Crippen molar-refractivity contribution in [3.63, 3.8) is 0 Å². The van der Waals surface area contributed by atoms with Crippen LogP contribution in [0.15, 0.2) is 47.9 Å². The smallest absolute Gasteiger partial charge is 0.387 e. The Labute approximate surface area is 259 Å². The number of aliphatic hydroxyl groups is 1. The molecule has 0 aliphatic carbocycles. The Morgan fingerprint density at radius 3 is 2.02 bits per heavy atom. The van der Waals surface area contributed by atoms with E-state index in [0.29, 0.717) is 45.4 Å². The first-order valence-corrected chi connectivity index (χ1v) is 12.2. The second-order valence-corrected chi connectivity index (χ2v) is 8.60. The fraction of sp³-hybridized carbons (Fsp3) is 0.292. The number of benzene rings is 1. The molecule has 0 fully saturated rings. The van der Waals surface area contributed by atoms with Gasteiger partial charge in [0.05, 0.1) is 68.3 Å². The number of aromatic amines is 1. The van der Waals surface area contributed by atoms with E-state index in [-0.39, 0.29) is 65.2 Å². The maximum atomic E-state index is 12.6. The summed E-state index contributed by atoms with van der Waals surface area (Å²) in [4.78, 5) is 15.2. The number of aliphatic hydroxyl groups excluding tert-OH is 1. The van der Waals surface area contributed by atoms with Gasteiger partial charge in [0.25, 0.3) is 0 Å². The zero-order valence-corrected chi connectivity index (χ0v) is 26.0. The Hall–Kier alpha value is -2.75. The maximum Gasteiger partial charge on any atom is 0.387 e. The van der Waals surface area contributed by atoms with Gasteiger partial charge in [-0.15, -0.1) is 12.4 Å². The van der Waals surface area contributed by atoms with E-state index in [1.54, 1.807) is 25.4 Å². The first-order valence-electron chi connectivity index (χ1n) is 10.9. The average molecular weight is 612 g/mol. The molecule has 40 heavy (non-hydrogen) atoms. The SMILES string of the molecule is COc1ccnc(CO)c1OC.COc1ccnc(CS(=O)c2nc3ccc(OC(F)F)cc3[nH]2)c1OC.Cl.[Na]. The summed E-state index contributed by atoms with van der Waals surface area (Å²) in [5.41, 5.74) is 1.86. The van der Waals surface area contributed by atoms with Crippen molar-refractivity contribution >= 4 is 63.8 Å². The number of H-pyrrole nitrogens is 1. The van der Waals surface area contributed by atoms with Crippen LogP contribution in [0, 0.1) is 0 Å². The molecule has 16 heteroatoms. The predicted octanol–water partition coefficient (Wildman–Crippen LogP) is 3.52. The van der Waals surface area contributed by atoms with Crippen molar-refractivity contribution in [2.75, 3.05) is 28.4 Å². The molecule has 1 aromatic carbocycles. The molecular formula is C24H27ClF2N4NaO7S. The second-order valence-electron chi connectivity index (χ2n) is 7.23. The Balaban J connectivity index is 0.000000486. The van der Waals surface area contributed by atoms with E-state index >= 15 is 0 Å². The third kappa shape index (κ3) is 8.88. The first-order chi connectivity index (χ1) is 18.3. The van der Waals surface area contributed by atoms with E-state index in [4.69, 9.17) is 24.1 Å². The molecule has 0 saturated carbocycles. The van der Waals surface area contributed by atoms with Gasteiger partial charge in [-0.25, -0.2) is 4.98 Å². The molecular weight excluding hydrogens is 585 g/mol. The van der Waals surface area contributed by atoms with E-state index in [9.17, 15) is 13.0 Å². The average Bonchev–Trinajstić information content (AvgIpc) is 3.36. The van der Waals surface area contributed by atoms with Crippen LogP contribution >= 0.6 is 12.4 Å². The Bertz CT molecular complexity index is 1380. The maximum absolute atomic E-state index is 12.6. The molecule has 0 aliphatic rings. The van der Waals surface area contributed by atoms with E-state index in [1.807, 2.05) is 0 Å². The Kier molecular flexibility index (Phi) is 15.1. The largest absolute Gasteiger partial charge is 0.493 e. The molecule has 3 heterocycles. The molecule has 0 saturated heterocycles. The van der Waals surface area contributed by atoms with Gasteiger partial charge in [0, 0.05) is 60.2 Å². The Morgan fingerprint density at radius 2 is 1.50 bits per heavy atom. The van der Waals surface area contributed by atoms with E-state index in [2.05, 4.69) is 24.7 Å². The molecule has 0 amide bonds. The van der Waals surface area contributed by atoms with E-state index < -0.39 is 17.4 Å². The van der Waals surface area contributed by atoms with Crippen LogP contribution in [-0.2, 0) is 23.2 Å². The summed E-state index contributed by atoms with van der Waals surface area (Å²) < 4.78 is 62.1. The van der Waals surface area contributed by atoms with Gasteiger partial charge >= 0.3 is 6.61 Å². The van der Waals surface area contributed by atoms with E-state index in [0.717, 1.165) is 0 Å². The van der Waals surface area contributed by atoms with Crippen LogP contribution < -0.4 is 23.7 Å². The van der Waals surface area contributed by atoms with Crippen molar-refractivity contribution in [1.82, 2.24) is 19.9 Å². The van der Waals surface area contributed by atoms with Crippen molar-refractivity contribution in [2.24, 2.45) is 0 Å². The van der Waals surface area contributed by atoms with Crippen LogP contribution in [0.4, 0.5) is 8.78 Å². The number of ether oxygens (including phenoxy) is 5. The number of methoxy groups -OCH3 is 4. The molecule has 1 atom stereocenters. The number of nitrogens with one attached hydrogen (secondary N) is 1. The van der Waals surface area contributed by atoms with Crippen molar-refractivity contribution in [1.29, 1.82) is 0 Å². The third-order valence-corrected chi connectivity index (χ3v) is 6.18. The zero-order valence-electron chi connectivity index (χ0n) is 22.3. The summed E-state index contributed by atoms with van der Waals surface area (Å²) in [7, 11) is 4.46. The van der Waals surface area contributed by atoms with E-state index in [1.165, 1.54) is 45.7 Å². The van der Waals surface area contributed by atoms with Crippen molar-refractivity contribution in [3.05, 3.63) is 54.1 Å². The fourth-order valence-electron chi connectivity index (χ4n) is 3.36. The molecule has 213 valence electrons. The van der Waals surface area contributed by atoms with Crippen molar-refractivity contribution in [3.8, 4) is 28.7 Å². The molecule has 1 unspecified atom stereocenters. The van der Waals surface area contributed by atoms with Crippen LogP contribution in [0.3, 0.4) is 0 Å². The van der Waals surface area contributed by atoms with Gasteiger partial charge in [-0.2, -0.15) is 8.78 Å². The molecule has 3 aromatic heterocycles. The molecule has 0 bridgehead atoms. The molecule has 11 nitrogen and oxygen atoms in total. The summed E-state index contributed by atoms with van der Waals surface area (Å²) in [5.74, 6) is 1.98.